The molecule has 0 N–H and O–H groups in total. The lowest BCUT2D eigenvalue weighted by Crippen LogP contribution is -2.15. The lowest BCUT2D eigenvalue weighted by molar-refractivity contribution is 0.394. The van der Waals surface area contributed by atoms with Gasteiger partial charge in [0.15, 0.2) is 0 Å². The molecule has 17 heavy (non-hydrogen) atoms. The minimum absolute atomic E-state index is 0.783. The first kappa shape index (κ1) is 10.8. The Balaban J connectivity index is 1.84. The van der Waals surface area contributed by atoms with Gasteiger partial charge in [0, 0.05) is 18.4 Å². The Labute approximate surface area is 102 Å². The van der Waals surface area contributed by atoms with Crippen LogP contribution in [-0.2, 0) is 6.42 Å². The Morgan fingerprint density at radius 2 is 2.29 bits per heavy atom. The van der Waals surface area contributed by atoms with Gasteiger partial charge >= 0.3 is 0 Å². The van der Waals surface area contributed by atoms with E-state index in [1.807, 2.05) is 0 Å². The average molecular weight is 229 g/mol. The highest BCUT2D eigenvalue weighted by molar-refractivity contribution is 5.41. The van der Waals surface area contributed by atoms with Crippen LogP contribution in [0.25, 0.3) is 5.65 Å². The van der Waals surface area contributed by atoms with Crippen LogP contribution in [0.4, 0.5) is 0 Å². The van der Waals surface area contributed by atoms with Crippen molar-refractivity contribution in [2.75, 3.05) is 20.1 Å². The Bertz CT molecular complexity index is 529. The minimum atomic E-state index is 0.783. The Morgan fingerprint density at radius 1 is 1.41 bits per heavy atom. The normalized spacial score (nSPS) is 21.4. The molecule has 3 nitrogen and oxygen atoms in total. The highest BCUT2D eigenvalue weighted by atomic mass is 15.1. The van der Waals surface area contributed by atoms with Crippen LogP contribution in [0.3, 0.4) is 0 Å². The van der Waals surface area contributed by atoms with Gasteiger partial charge in [-0.25, -0.2) is 4.98 Å². The average Bonchev–Trinajstić information content (AvgIpc) is 2.86. The van der Waals surface area contributed by atoms with Crippen LogP contribution < -0.4 is 0 Å². The molecule has 3 heterocycles. The number of pyridine rings is 1. The molecule has 0 spiro atoms. The number of aryl methyl sites for hydroxylation is 1. The molecule has 1 aliphatic heterocycles. The molecular weight excluding hydrogens is 210 g/mol. The van der Waals surface area contributed by atoms with Crippen LogP contribution in [0, 0.1) is 12.8 Å². The van der Waals surface area contributed by atoms with Crippen molar-refractivity contribution < 1.29 is 0 Å². The van der Waals surface area contributed by atoms with E-state index in [2.05, 4.69) is 47.7 Å². The van der Waals surface area contributed by atoms with Gasteiger partial charge in [-0.15, -0.1) is 0 Å². The fourth-order valence-corrected chi connectivity index (χ4v) is 2.79. The highest BCUT2D eigenvalue weighted by Gasteiger charge is 2.20. The molecule has 1 atom stereocenters. The number of fused-ring (bicyclic) bond motifs is 1. The van der Waals surface area contributed by atoms with Crippen LogP contribution >= 0.6 is 0 Å². The molecule has 2 aromatic rings. The molecule has 2 aromatic heterocycles. The number of nitrogens with zero attached hydrogens (tertiary/aromatic N) is 3. The third-order valence-corrected chi connectivity index (χ3v) is 3.73. The van der Waals surface area contributed by atoms with E-state index in [1.165, 1.54) is 30.9 Å². The molecule has 0 aliphatic carbocycles. The van der Waals surface area contributed by atoms with Crippen molar-refractivity contribution in [2.24, 2.45) is 5.92 Å². The summed E-state index contributed by atoms with van der Waals surface area (Å²) in [5.41, 5.74) is 3.57. The number of hydrogen-bond acceptors (Lipinski definition) is 2. The van der Waals surface area contributed by atoms with Gasteiger partial charge in [-0.1, -0.05) is 6.07 Å². The second kappa shape index (κ2) is 4.15. The van der Waals surface area contributed by atoms with E-state index in [-0.39, 0.29) is 0 Å². The van der Waals surface area contributed by atoms with Gasteiger partial charge < -0.3 is 9.30 Å². The van der Waals surface area contributed by atoms with E-state index in [0.717, 1.165) is 18.0 Å². The van der Waals surface area contributed by atoms with Gasteiger partial charge in [-0.05, 0) is 51.4 Å². The first-order valence-corrected chi connectivity index (χ1v) is 6.34. The number of rotatable bonds is 2. The highest BCUT2D eigenvalue weighted by Crippen LogP contribution is 2.19. The number of hydrogen-bond donors (Lipinski definition) is 0. The molecule has 0 saturated carbocycles. The number of imidazole rings is 1. The van der Waals surface area contributed by atoms with Crippen molar-refractivity contribution in [3.05, 3.63) is 35.8 Å². The monoisotopic (exact) mass is 229 g/mol. The van der Waals surface area contributed by atoms with Crippen molar-refractivity contribution >= 4 is 5.65 Å². The quantitative estimate of drug-likeness (QED) is 0.786. The van der Waals surface area contributed by atoms with E-state index in [4.69, 9.17) is 4.98 Å². The third kappa shape index (κ3) is 2.07. The zero-order chi connectivity index (χ0) is 11.8. The molecule has 0 bridgehead atoms. The molecule has 3 heteroatoms. The van der Waals surface area contributed by atoms with E-state index in [9.17, 15) is 0 Å². The molecule has 1 saturated heterocycles. The van der Waals surface area contributed by atoms with Gasteiger partial charge in [0.05, 0.1) is 5.69 Å². The molecule has 1 aliphatic rings. The van der Waals surface area contributed by atoms with Crippen LogP contribution in [0.5, 0.6) is 0 Å². The van der Waals surface area contributed by atoms with Crippen molar-refractivity contribution in [1.29, 1.82) is 0 Å². The number of aromatic nitrogens is 2. The summed E-state index contributed by atoms with van der Waals surface area (Å²) in [5.74, 6) is 0.783. The second-order valence-electron chi connectivity index (χ2n) is 5.25. The van der Waals surface area contributed by atoms with Crippen molar-refractivity contribution in [2.45, 2.75) is 19.8 Å². The maximum atomic E-state index is 4.71. The largest absolute Gasteiger partial charge is 0.306 e. The fourth-order valence-electron chi connectivity index (χ4n) is 2.79. The lowest BCUT2D eigenvalue weighted by atomic mass is 10.0. The molecule has 0 radical (unpaired) electrons. The minimum Gasteiger partial charge on any atom is -0.306 e. The van der Waals surface area contributed by atoms with Crippen LogP contribution in [0.1, 0.15) is 17.8 Å². The smallest absolute Gasteiger partial charge is 0.137 e. The summed E-state index contributed by atoms with van der Waals surface area (Å²) in [7, 11) is 2.20. The summed E-state index contributed by atoms with van der Waals surface area (Å²) >= 11 is 0. The van der Waals surface area contributed by atoms with Gasteiger partial charge in [-0.3, -0.25) is 0 Å². The summed E-state index contributed by atoms with van der Waals surface area (Å²) < 4.78 is 2.19. The van der Waals surface area contributed by atoms with Gasteiger partial charge in [0.2, 0.25) is 0 Å². The molecule has 3 rings (SSSR count). The van der Waals surface area contributed by atoms with Crippen LogP contribution in [-0.4, -0.2) is 34.4 Å². The molecule has 1 unspecified atom stereocenters. The molecule has 0 aromatic carbocycles. The van der Waals surface area contributed by atoms with E-state index >= 15 is 0 Å². The van der Waals surface area contributed by atoms with Gasteiger partial charge in [-0.2, -0.15) is 0 Å². The van der Waals surface area contributed by atoms with Gasteiger partial charge in [0.1, 0.15) is 5.65 Å². The maximum absolute atomic E-state index is 4.71. The molecule has 1 fully saturated rings. The van der Waals surface area contributed by atoms with E-state index < -0.39 is 0 Å². The van der Waals surface area contributed by atoms with Crippen LogP contribution in [0.15, 0.2) is 24.4 Å². The van der Waals surface area contributed by atoms with Crippen molar-refractivity contribution in [1.82, 2.24) is 14.3 Å². The number of likely N-dealkylation sites (tertiary alicyclic amines) is 1. The summed E-state index contributed by atoms with van der Waals surface area (Å²) in [6.07, 6.45) is 4.62. The SMILES string of the molecule is Cc1cccc2nc(CC3CCN(C)C3)cn12. The lowest BCUT2D eigenvalue weighted by Gasteiger charge is -2.07. The zero-order valence-electron chi connectivity index (χ0n) is 10.6. The third-order valence-electron chi connectivity index (χ3n) is 3.73. The van der Waals surface area contributed by atoms with Crippen molar-refractivity contribution in [3.8, 4) is 0 Å². The summed E-state index contributed by atoms with van der Waals surface area (Å²) in [5, 5.41) is 0. The zero-order valence-corrected chi connectivity index (χ0v) is 10.6. The van der Waals surface area contributed by atoms with Gasteiger partial charge in [0.25, 0.3) is 0 Å². The van der Waals surface area contributed by atoms with Crippen LogP contribution in [0.2, 0.25) is 0 Å². The second-order valence-corrected chi connectivity index (χ2v) is 5.25. The molecule has 90 valence electrons. The first-order chi connectivity index (χ1) is 8.22. The van der Waals surface area contributed by atoms with E-state index in [0.29, 0.717) is 0 Å². The first-order valence-electron chi connectivity index (χ1n) is 6.34. The predicted octanol–water partition coefficient (Wildman–Crippen LogP) is 2.14. The summed E-state index contributed by atoms with van der Waals surface area (Å²) in [4.78, 5) is 7.11. The van der Waals surface area contributed by atoms with Crippen molar-refractivity contribution in [3.63, 3.8) is 0 Å². The Hall–Kier alpha value is -1.35. The fraction of sp³-hybridized carbons (Fsp3) is 0.500. The topological polar surface area (TPSA) is 20.5 Å². The Kier molecular flexibility index (Phi) is 2.63. The summed E-state index contributed by atoms with van der Waals surface area (Å²) in [6.45, 7) is 4.58. The summed E-state index contributed by atoms with van der Waals surface area (Å²) in [6, 6.07) is 6.28. The predicted molar refractivity (Wildman–Crippen MR) is 69.2 cm³/mol. The molecular formula is C14H19N3. The Morgan fingerprint density at radius 3 is 3.00 bits per heavy atom. The van der Waals surface area contributed by atoms with E-state index in [1.54, 1.807) is 0 Å². The maximum Gasteiger partial charge on any atom is 0.137 e. The standard InChI is InChI=1S/C14H19N3/c1-11-4-3-5-14-15-13(10-17(11)14)8-12-6-7-16(2)9-12/h3-5,10,12H,6-9H2,1-2H3. The molecule has 0 amide bonds.